The second-order valence-electron chi connectivity index (χ2n) is 8.07. The minimum absolute atomic E-state index is 0.00562. The van der Waals surface area contributed by atoms with Crippen molar-refractivity contribution in [3.05, 3.63) is 93.7 Å². The van der Waals surface area contributed by atoms with Crippen molar-refractivity contribution in [2.45, 2.75) is 32.9 Å². The molecule has 0 spiro atoms. The van der Waals surface area contributed by atoms with Crippen molar-refractivity contribution in [2.75, 3.05) is 4.90 Å². The Bertz CT molecular complexity index is 1240. The third-order valence-electron chi connectivity index (χ3n) is 5.38. The van der Waals surface area contributed by atoms with Crippen LogP contribution in [0, 0.1) is 6.92 Å². The summed E-state index contributed by atoms with van der Waals surface area (Å²) >= 11 is 3.40. The van der Waals surface area contributed by atoms with Crippen LogP contribution in [0.4, 0.5) is 5.69 Å². The Hall–Kier alpha value is -3.45. The number of anilines is 1. The lowest BCUT2D eigenvalue weighted by molar-refractivity contribution is -0.132. The highest BCUT2D eigenvalue weighted by molar-refractivity contribution is 9.10. The number of aromatic nitrogens is 1. The molecule has 3 aromatic rings. The number of benzene rings is 2. The number of carbonyl (C=O) groups excluding carboxylic acids is 2. The lowest BCUT2D eigenvalue weighted by Crippen LogP contribution is -2.29. The van der Waals surface area contributed by atoms with Gasteiger partial charge in [0, 0.05) is 28.1 Å². The molecule has 0 bridgehead atoms. The minimum Gasteiger partial charge on any atom is -0.507 e. The number of ether oxygens (including phenoxy) is 1. The Kier molecular flexibility index (Phi) is 6.33. The second-order valence-corrected chi connectivity index (χ2v) is 8.99. The van der Waals surface area contributed by atoms with Crippen LogP contribution in [-0.4, -0.2) is 27.9 Å². The van der Waals surface area contributed by atoms with Crippen LogP contribution in [0.25, 0.3) is 5.76 Å². The highest BCUT2D eigenvalue weighted by Crippen LogP contribution is 2.42. The van der Waals surface area contributed by atoms with Gasteiger partial charge in [-0.1, -0.05) is 15.9 Å². The quantitative estimate of drug-likeness (QED) is 0.278. The van der Waals surface area contributed by atoms with E-state index < -0.39 is 17.7 Å². The number of ketones is 1. The number of hydrogen-bond donors (Lipinski definition) is 1. The first kappa shape index (κ1) is 22.7. The van der Waals surface area contributed by atoms with Crippen LogP contribution in [-0.2, 0) is 9.59 Å². The molecule has 0 saturated carbocycles. The van der Waals surface area contributed by atoms with E-state index in [4.69, 9.17) is 4.74 Å². The number of Topliss-reactive ketones (excluding diaryl/α,β-unsaturated/α-hetero) is 1. The van der Waals surface area contributed by atoms with E-state index in [2.05, 4.69) is 20.9 Å². The van der Waals surface area contributed by atoms with Gasteiger partial charge < -0.3 is 9.84 Å². The predicted octanol–water partition coefficient (Wildman–Crippen LogP) is 5.57. The zero-order valence-corrected chi connectivity index (χ0v) is 20.0. The monoisotopic (exact) mass is 506 g/mol. The van der Waals surface area contributed by atoms with E-state index in [-0.39, 0.29) is 17.4 Å². The van der Waals surface area contributed by atoms with Gasteiger partial charge >= 0.3 is 0 Å². The lowest BCUT2D eigenvalue weighted by atomic mass is 9.95. The number of hydrogen-bond acceptors (Lipinski definition) is 5. The number of aliphatic hydroxyl groups excluding tert-OH is 1. The molecule has 0 radical (unpaired) electrons. The Morgan fingerprint density at radius 2 is 1.73 bits per heavy atom. The van der Waals surface area contributed by atoms with Crippen LogP contribution in [0.1, 0.15) is 36.6 Å². The SMILES string of the molecule is Cc1cc(/C(O)=C2/C(=O)C(=O)N(c3ccc(Br)cc3)C2c2ccncc2)ccc1OC(C)C. The van der Waals surface area contributed by atoms with Crippen molar-refractivity contribution in [1.29, 1.82) is 0 Å². The number of aryl methyl sites for hydroxylation is 1. The normalized spacial score (nSPS) is 17.6. The van der Waals surface area contributed by atoms with Gasteiger partial charge in [0.05, 0.1) is 17.7 Å². The van der Waals surface area contributed by atoms with E-state index in [0.717, 1.165) is 10.0 Å². The topological polar surface area (TPSA) is 79.7 Å². The van der Waals surface area contributed by atoms with Crippen molar-refractivity contribution < 1.29 is 19.4 Å². The third-order valence-corrected chi connectivity index (χ3v) is 5.91. The molecular formula is C26H23BrN2O4. The van der Waals surface area contributed by atoms with Crippen LogP contribution < -0.4 is 9.64 Å². The van der Waals surface area contributed by atoms with Crippen molar-refractivity contribution in [1.82, 2.24) is 4.98 Å². The Morgan fingerprint density at radius 3 is 2.33 bits per heavy atom. The molecule has 1 saturated heterocycles. The molecular weight excluding hydrogens is 484 g/mol. The van der Waals surface area contributed by atoms with Crippen LogP contribution in [0.2, 0.25) is 0 Å². The van der Waals surface area contributed by atoms with Gasteiger partial charge in [-0.2, -0.15) is 0 Å². The van der Waals surface area contributed by atoms with Gasteiger partial charge in [0.25, 0.3) is 11.7 Å². The van der Waals surface area contributed by atoms with Gasteiger partial charge in [-0.15, -0.1) is 0 Å². The largest absolute Gasteiger partial charge is 0.507 e. The fourth-order valence-electron chi connectivity index (χ4n) is 3.90. The molecule has 2 heterocycles. The number of carbonyl (C=O) groups is 2. The van der Waals surface area contributed by atoms with Gasteiger partial charge in [-0.05, 0) is 86.5 Å². The van der Waals surface area contributed by atoms with E-state index >= 15 is 0 Å². The number of aliphatic hydroxyl groups is 1. The molecule has 1 N–H and O–H groups in total. The van der Waals surface area contributed by atoms with Crippen LogP contribution >= 0.6 is 15.9 Å². The minimum atomic E-state index is -0.791. The molecule has 1 aliphatic heterocycles. The molecule has 168 valence electrons. The van der Waals surface area contributed by atoms with Gasteiger partial charge in [0.1, 0.15) is 11.5 Å². The average molecular weight is 507 g/mol. The summed E-state index contributed by atoms with van der Waals surface area (Å²) in [6.07, 6.45) is 3.20. The van der Waals surface area contributed by atoms with Gasteiger partial charge in [0.2, 0.25) is 0 Å². The number of pyridine rings is 1. The molecule has 2 aromatic carbocycles. The molecule has 1 fully saturated rings. The van der Waals surface area contributed by atoms with E-state index in [1.807, 2.05) is 20.8 Å². The Labute approximate surface area is 200 Å². The maximum atomic E-state index is 13.2. The first-order chi connectivity index (χ1) is 15.8. The highest BCUT2D eigenvalue weighted by atomic mass is 79.9. The molecule has 33 heavy (non-hydrogen) atoms. The number of halogens is 1. The zero-order chi connectivity index (χ0) is 23.7. The lowest BCUT2D eigenvalue weighted by Gasteiger charge is -2.25. The summed E-state index contributed by atoms with van der Waals surface area (Å²) in [6.45, 7) is 5.74. The fraction of sp³-hybridized carbons (Fsp3) is 0.192. The maximum Gasteiger partial charge on any atom is 0.300 e. The van der Waals surface area contributed by atoms with Crippen LogP contribution in [0.5, 0.6) is 5.75 Å². The summed E-state index contributed by atoms with van der Waals surface area (Å²) < 4.78 is 6.63. The third kappa shape index (κ3) is 4.41. The van der Waals surface area contributed by atoms with Crippen LogP contribution in [0.3, 0.4) is 0 Å². The highest BCUT2D eigenvalue weighted by Gasteiger charge is 2.47. The second kappa shape index (κ2) is 9.19. The summed E-state index contributed by atoms with van der Waals surface area (Å²) in [5.41, 5.74) is 2.51. The van der Waals surface area contributed by atoms with Gasteiger partial charge in [-0.25, -0.2) is 0 Å². The van der Waals surface area contributed by atoms with Crippen molar-refractivity contribution >= 4 is 39.1 Å². The fourth-order valence-corrected chi connectivity index (χ4v) is 4.16. The standard InChI is InChI=1S/C26H23BrN2O4/c1-15(2)33-21-9-4-18(14-16(21)3)24(30)22-23(17-10-12-28-13-11-17)29(26(32)25(22)31)20-7-5-19(27)6-8-20/h4-15,23,30H,1-3H3/b24-22-. The van der Waals surface area contributed by atoms with E-state index in [9.17, 15) is 14.7 Å². The van der Waals surface area contributed by atoms with E-state index in [1.54, 1.807) is 67.0 Å². The number of nitrogens with zero attached hydrogens (tertiary/aromatic N) is 2. The smallest absolute Gasteiger partial charge is 0.300 e. The number of amides is 1. The Balaban J connectivity index is 1.87. The maximum absolute atomic E-state index is 13.2. The molecule has 1 atom stereocenters. The van der Waals surface area contributed by atoms with E-state index in [0.29, 0.717) is 22.6 Å². The first-order valence-corrected chi connectivity index (χ1v) is 11.3. The molecule has 1 aliphatic rings. The van der Waals surface area contributed by atoms with Crippen molar-refractivity contribution in [2.24, 2.45) is 0 Å². The van der Waals surface area contributed by atoms with Crippen molar-refractivity contribution in [3.63, 3.8) is 0 Å². The van der Waals surface area contributed by atoms with Crippen LogP contribution in [0.15, 0.2) is 77.0 Å². The van der Waals surface area contributed by atoms with E-state index in [1.165, 1.54) is 4.90 Å². The molecule has 1 unspecified atom stereocenters. The summed E-state index contributed by atoms with van der Waals surface area (Å²) in [5.74, 6) is -0.967. The zero-order valence-electron chi connectivity index (χ0n) is 18.4. The summed E-state index contributed by atoms with van der Waals surface area (Å²) in [5, 5.41) is 11.3. The summed E-state index contributed by atoms with van der Waals surface area (Å²) in [6, 6.07) is 15.0. The molecule has 4 rings (SSSR count). The number of rotatable bonds is 5. The Morgan fingerprint density at radius 1 is 1.06 bits per heavy atom. The summed E-state index contributed by atoms with van der Waals surface area (Å²) in [4.78, 5) is 31.8. The average Bonchev–Trinajstić information content (AvgIpc) is 3.06. The predicted molar refractivity (Wildman–Crippen MR) is 130 cm³/mol. The molecule has 7 heteroatoms. The summed E-state index contributed by atoms with van der Waals surface area (Å²) in [7, 11) is 0. The molecule has 0 aliphatic carbocycles. The van der Waals surface area contributed by atoms with Crippen molar-refractivity contribution in [3.8, 4) is 5.75 Å². The molecule has 6 nitrogen and oxygen atoms in total. The first-order valence-electron chi connectivity index (χ1n) is 10.5. The van der Waals surface area contributed by atoms with Gasteiger partial charge in [-0.3, -0.25) is 19.5 Å². The molecule has 1 amide bonds. The molecule has 1 aromatic heterocycles. The van der Waals surface area contributed by atoms with Gasteiger partial charge in [0.15, 0.2) is 0 Å².